The van der Waals surface area contributed by atoms with Crippen LogP contribution in [0.1, 0.15) is 25.0 Å². The summed E-state index contributed by atoms with van der Waals surface area (Å²) in [6.07, 6.45) is 7.08. The molecule has 0 spiro atoms. The highest BCUT2D eigenvalue weighted by Gasteiger charge is 2.41. The van der Waals surface area contributed by atoms with E-state index in [9.17, 15) is 13.6 Å². The first-order chi connectivity index (χ1) is 24.0. The Morgan fingerprint density at radius 2 is 1.92 bits per heavy atom. The van der Waals surface area contributed by atoms with Gasteiger partial charge < -0.3 is 19.3 Å². The van der Waals surface area contributed by atoms with Crippen molar-refractivity contribution < 1.29 is 23.0 Å². The lowest BCUT2D eigenvalue weighted by Crippen LogP contribution is -2.47. The van der Waals surface area contributed by atoms with Gasteiger partial charge in [0.1, 0.15) is 47.2 Å². The van der Waals surface area contributed by atoms with Crippen LogP contribution in [-0.4, -0.2) is 85.4 Å². The SMILES string of the molecule is COCCCN1CCCc2cnc3cccc(n23)-c2cccc(c2)O[C@H]2C[C@@H](C1=O)N(c1ncnc3c1cnn3-c1ccc(F)cc1F)C2. The van der Waals surface area contributed by atoms with Gasteiger partial charge in [-0.15, -0.1) is 0 Å². The second-order valence-electron chi connectivity index (χ2n) is 12.4. The van der Waals surface area contributed by atoms with Gasteiger partial charge in [0.15, 0.2) is 11.5 Å². The number of halogens is 2. The van der Waals surface area contributed by atoms with Crippen molar-refractivity contribution in [3.8, 4) is 22.7 Å². The van der Waals surface area contributed by atoms with Crippen molar-refractivity contribution in [1.82, 2.24) is 34.0 Å². The van der Waals surface area contributed by atoms with E-state index < -0.39 is 17.7 Å². The van der Waals surface area contributed by atoms with Gasteiger partial charge in [-0.25, -0.2) is 28.4 Å². The number of hydrogen-bond donors (Lipinski definition) is 0. The van der Waals surface area contributed by atoms with E-state index in [-0.39, 0.29) is 17.7 Å². The maximum atomic E-state index is 14.8. The molecule has 0 N–H and O–H groups in total. The number of pyridine rings is 1. The average molecular weight is 665 g/mol. The molecule has 2 aliphatic rings. The zero-order chi connectivity index (χ0) is 33.5. The molecular weight excluding hydrogens is 630 g/mol. The molecular formula is C36H34F2N8O3. The first-order valence-corrected chi connectivity index (χ1v) is 16.4. The molecule has 0 saturated carbocycles. The van der Waals surface area contributed by atoms with Crippen LogP contribution in [-0.2, 0) is 16.0 Å². The van der Waals surface area contributed by atoms with Crippen molar-refractivity contribution in [2.24, 2.45) is 0 Å². The Morgan fingerprint density at radius 1 is 1.02 bits per heavy atom. The molecule has 250 valence electrons. The number of anilines is 1. The molecule has 2 aliphatic heterocycles. The Balaban J connectivity index is 1.20. The summed E-state index contributed by atoms with van der Waals surface area (Å²) in [4.78, 5) is 32.2. The van der Waals surface area contributed by atoms with Crippen LogP contribution in [0.3, 0.4) is 0 Å². The van der Waals surface area contributed by atoms with Crippen LogP contribution in [0.2, 0.25) is 0 Å². The van der Waals surface area contributed by atoms with Crippen LogP contribution in [0.5, 0.6) is 5.75 Å². The molecule has 2 atom stereocenters. The number of fused-ring (bicyclic) bond motifs is 6. The van der Waals surface area contributed by atoms with Crippen molar-refractivity contribution in [2.75, 3.05) is 38.3 Å². The predicted molar refractivity (Wildman–Crippen MR) is 179 cm³/mol. The van der Waals surface area contributed by atoms with Crippen LogP contribution in [0.15, 0.2) is 79.4 Å². The highest BCUT2D eigenvalue weighted by Crippen LogP contribution is 2.35. The van der Waals surface area contributed by atoms with Gasteiger partial charge in [0.2, 0.25) is 5.91 Å². The third kappa shape index (κ3) is 5.73. The molecule has 11 nitrogen and oxygen atoms in total. The molecule has 1 fully saturated rings. The minimum absolute atomic E-state index is 0.0339. The molecule has 6 heterocycles. The van der Waals surface area contributed by atoms with Gasteiger partial charge in [-0.2, -0.15) is 5.10 Å². The summed E-state index contributed by atoms with van der Waals surface area (Å²) in [7, 11) is 1.66. The number of aryl methyl sites for hydroxylation is 1. The molecule has 8 rings (SSSR count). The van der Waals surface area contributed by atoms with Crippen LogP contribution in [0.4, 0.5) is 14.6 Å². The standard InChI is InChI=1S/C36H34F2N8O3/c1-48-15-5-14-43-13-4-7-25-19-39-33-10-3-9-30(45(25)33)23-6-2-8-26(16-23)49-27-18-32(36(43)47)44(21-27)34-28-20-42-46(35(28)41-22-40-34)31-12-11-24(37)17-29(31)38/h2-3,6,8-12,16-17,19-20,22,27,32H,4-5,7,13-15,18,21H2,1H3/t27-,32-/m0/s1. The molecule has 0 radical (unpaired) electrons. The number of carbonyl (C=O) groups excluding carboxylic acids is 1. The summed E-state index contributed by atoms with van der Waals surface area (Å²) in [6.45, 7) is 1.98. The van der Waals surface area contributed by atoms with E-state index in [1.54, 1.807) is 13.3 Å². The second-order valence-corrected chi connectivity index (χ2v) is 12.4. The zero-order valence-corrected chi connectivity index (χ0v) is 26.9. The van der Waals surface area contributed by atoms with Crippen LogP contribution in [0, 0.1) is 11.6 Å². The second kappa shape index (κ2) is 12.9. The number of methoxy groups -OCH3 is 1. The highest BCUT2D eigenvalue weighted by molar-refractivity contribution is 5.92. The lowest BCUT2D eigenvalue weighted by Gasteiger charge is -2.31. The minimum Gasteiger partial charge on any atom is -0.488 e. The Morgan fingerprint density at radius 3 is 2.80 bits per heavy atom. The number of amides is 1. The molecule has 4 bridgehead atoms. The molecule has 6 aromatic rings. The van der Waals surface area contributed by atoms with Crippen molar-refractivity contribution in [1.29, 1.82) is 0 Å². The molecule has 13 heteroatoms. The van der Waals surface area contributed by atoms with Gasteiger partial charge in [-0.1, -0.05) is 18.2 Å². The third-order valence-corrected chi connectivity index (χ3v) is 9.29. The van der Waals surface area contributed by atoms with Gasteiger partial charge >= 0.3 is 0 Å². The van der Waals surface area contributed by atoms with E-state index in [1.165, 1.54) is 23.1 Å². The monoisotopic (exact) mass is 664 g/mol. The third-order valence-electron chi connectivity index (χ3n) is 9.29. The fraction of sp³-hybridized carbons (Fsp3) is 0.306. The molecule has 0 aliphatic carbocycles. The Bertz CT molecular complexity index is 2170. The van der Waals surface area contributed by atoms with Crippen molar-refractivity contribution in [2.45, 2.75) is 37.8 Å². The molecule has 1 saturated heterocycles. The molecule has 2 aromatic carbocycles. The first kappa shape index (κ1) is 30.9. The molecule has 1 amide bonds. The maximum Gasteiger partial charge on any atom is 0.245 e. The highest BCUT2D eigenvalue weighted by atomic mass is 19.1. The van der Waals surface area contributed by atoms with E-state index in [0.29, 0.717) is 61.7 Å². The van der Waals surface area contributed by atoms with Gasteiger partial charge in [0.05, 0.1) is 23.8 Å². The fourth-order valence-corrected chi connectivity index (χ4v) is 7.06. The smallest absolute Gasteiger partial charge is 0.245 e. The number of imidazole rings is 1. The Labute approximate surface area is 280 Å². The van der Waals surface area contributed by atoms with E-state index >= 15 is 0 Å². The Kier molecular flexibility index (Phi) is 8.12. The fourth-order valence-electron chi connectivity index (χ4n) is 7.06. The minimum atomic E-state index is -0.769. The lowest BCUT2D eigenvalue weighted by molar-refractivity contribution is -0.132. The maximum absolute atomic E-state index is 14.8. The van der Waals surface area contributed by atoms with Crippen LogP contribution in [0.25, 0.3) is 33.6 Å². The number of ether oxygens (including phenoxy) is 2. The van der Waals surface area contributed by atoms with Gasteiger partial charge in [0, 0.05) is 56.7 Å². The largest absolute Gasteiger partial charge is 0.488 e. The number of rotatable bonds is 6. The summed E-state index contributed by atoms with van der Waals surface area (Å²) >= 11 is 0. The van der Waals surface area contributed by atoms with Gasteiger partial charge in [-0.3, -0.25) is 9.20 Å². The van der Waals surface area contributed by atoms with E-state index in [1.807, 2.05) is 46.3 Å². The zero-order valence-electron chi connectivity index (χ0n) is 26.9. The summed E-state index contributed by atoms with van der Waals surface area (Å²) in [5.74, 6) is -0.312. The molecule has 4 aromatic heterocycles. The van der Waals surface area contributed by atoms with Gasteiger partial charge in [-0.05, 0) is 55.7 Å². The summed E-state index contributed by atoms with van der Waals surface area (Å²) in [5, 5.41) is 4.94. The summed E-state index contributed by atoms with van der Waals surface area (Å²) in [5.41, 5.74) is 4.34. The van der Waals surface area contributed by atoms with Crippen LogP contribution < -0.4 is 9.64 Å². The number of hydrogen-bond acceptors (Lipinski definition) is 8. The lowest BCUT2D eigenvalue weighted by atomic mass is 10.1. The quantitative estimate of drug-likeness (QED) is 0.223. The van der Waals surface area contributed by atoms with E-state index in [0.717, 1.165) is 41.5 Å². The number of carbonyl (C=O) groups is 1. The Hall–Kier alpha value is -5.43. The van der Waals surface area contributed by atoms with Crippen molar-refractivity contribution in [3.05, 3.63) is 96.7 Å². The first-order valence-electron chi connectivity index (χ1n) is 16.4. The van der Waals surface area contributed by atoms with E-state index in [2.05, 4.69) is 36.6 Å². The number of nitrogens with zero attached hydrogens (tertiary/aromatic N) is 8. The predicted octanol–water partition coefficient (Wildman–Crippen LogP) is 5.25. The average Bonchev–Trinajstić information content (AvgIpc) is 3.84. The van der Waals surface area contributed by atoms with Gasteiger partial charge in [0.25, 0.3) is 0 Å². The summed E-state index contributed by atoms with van der Waals surface area (Å²) in [6, 6.07) is 16.8. The summed E-state index contributed by atoms with van der Waals surface area (Å²) < 4.78 is 44.0. The molecule has 49 heavy (non-hydrogen) atoms. The topological polar surface area (TPSA) is 103 Å². The molecule has 0 unspecified atom stereocenters. The van der Waals surface area contributed by atoms with Crippen LogP contribution >= 0.6 is 0 Å². The number of benzene rings is 2. The van der Waals surface area contributed by atoms with Crippen molar-refractivity contribution >= 4 is 28.4 Å². The number of aromatic nitrogens is 6. The van der Waals surface area contributed by atoms with E-state index in [4.69, 9.17) is 9.47 Å². The van der Waals surface area contributed by atoms with Crippen molar-refractivity contribution in [3.63, 3.8) is 0 Å². The normalized spacial score (nSPS) is 18.1.